The summed E-state index contributed by atoms with van der Waals surface area (Å²) in [5.74, 6) is -1.98. The number of nitrogens with two attached hydrogens (primary N) is 1. The number of alkyl halides is 3. The van der Waals surface area contributed by atoms with Gasteiger partial charge in [-0.1, -0.05) is 0 Å². The van der Waals surface area contributed by atoms with E-state index in [0.717, 1.165) is 10.5 Å². The van der Waals surface area contributed by atoms with Crippen LogP contribution in [-0.4, -0.2) is 25.3 Å². The Morgan fingerprint density at radius 3 is 2.36 bits per heavy atom. The Kier molecular flexibility index (Phi) is 5.38. The van der Waals surface area contributed by atoms with Crippen molar-refractivity contribution in [1.29, 1.82) is 0 Å². The predicted octanol–water partition coefficient (Wildman–Crippen LogP) is 3.47. The summed E-state index contributed by atoms with van der Waals surface area (Å²) in [6, 6.07) is 6.22. The number of fused-ring (bicyclic) bond motifs is 1. The highest BCUT2D eigenvalue weighted by molar-refractivity contribution is 5.89. The van der Waals surface area contributed by atoms with E-state index < -0.39 is 36.5 Å². The maximum absolute atomic E-state index is 14.7. The van der Waals surface area contributed by atoms with E-state index in [1.165, 1.54) is 6.07 Å². The van der Waals surface area contributed by atoms with Gasteiger partial charge in [0, 0.05) is 17.5 Å². The monoisotopic (exact) mass is 465 g/mol. The van der Waals surface area contributed by atoms with E-state index in [0.29, 0.717) is 27.7 Å². The van der Waals surface area contributed by atoms with Gasteiger partial charge in [0.05, 0.1) is 24.1 Å². The van der Waals surface area contributed by atoms with Crippen LogP contribution in [0.3, 0.4) is 0 Å². The van der Waals surface area contributed by atoms with Crippen LogP contribution in [0.25, 0.3) is 28.0 Å². The molecule has 3 N–H and O–H groups in total. The van der Waals surface area contributed by atoms with Crippen molar-refractivity contribution in [2.45, 2.75) is 33.0 Å². The van der Waals surface area contributed by atoms with Gasteiger partial charge in [0.2, 0.25) is 5.65 Å². The van der Waals surface area contributed by atoms with Crippen molar-refractivity contribution in [2.75, 3.05) is 5.73 Å². The minimum Gasteiger partial charge on any atom is -0.290 e. The minimum atomic E-state index is -4.50. The molecule has 4 aromatic rings. The zero-order valence-corrected chi connectivity index (χ0v) is 17.5. The fraction of sp³-hybridized carbons (Fsp3) is 0.238. The molecule has 0 aliphatic heterocycles. The molecule has 0 spiro atoms. The van der Waals surface area contributed by atoms with Crippen LogP contribution in [0.1, 0.15) is 17.8 Å². The van der Waals surface area contributed by atoms with Crippen LogP contribution >= 0.6 is 0 Å². The van der Waals surface area contributed by atoms with E-state index >= 15 is 0 Å². The molecular weight excluding hydrogens is 447 g/mol. The molecule has 0 atom stereocenters. The van der Waals surface area contributed by atoms with E-state index in [9.17, 15) is 26.7 Å². The maximum atomic E-state index is 14.7. The predicted molar refractivity (Wildman–Crippen MR) is 109 cm³/mol. The van der Waals surface area contributed by atoms with Gasteiger partial charge in [-0.15, -0.1) is 9.50 Å². The van der Waals surface area contributed by atoms with E-state index in [2.05, 4.69) is 15.1 Å². The van der Waals surface area contributed by atoms with Crippen molar-refractivity contribution in [1.82, 2.24) is 19.2 Å². The summed E-state index contributed by atoms with van der Waals surface area (Å²) in [5.41, 5.74) is 6.91. The third-order valence-electron chi connectivity index (χ3n) is 4.98. The smallest absolute Gasteiger partial charge is 0.290 e. The zero-order chi connectivity index (χ0) is 24.1. The second-order valence-corrected chi connectivity index (χ2v) is 7.55. The Morgan fingerprint density at radius 2 is 1.76 bits per heavy atom. The first kappa shape index (κ1) is 22.4. The number of benzene rings is 1. The third kappa shape index (κ3) is 4.28. The Balaban J connectivity index is 2.08. The fourth-order valence-electron chi connectivity index (χ4n) is 3.67. The van der Waals surface area contributed by atoms with Gasteiger partial charge in [0.15, 0.2) is 0 Å². The molecule has 4 rings (SSSR count). The molecule has 0 saturated heterocycles. The molecule has 3 heterocycles. The molecule has 33 heavy (non-hydrogen) atoms. The molecule has 0 saturated carbocycles. The Morgan fingerprint density at radius 1 is 1.09 bits per heavy atom. The number of pyridine rings is 1. The lowest BCUT2D eigenvalue weighted by atomic mass is 9.99. The van der Waals surface area contributed by atoms with Crippen LogP contribution in [-0.2, 0) is 6.54 Å². The van der Waals surface area contributed by atoms with Gasteiger partial charge < -0.3 is 0 Å². The number of nitrogen functional groups attached to an aromatic ring is 1. The number of anilines is 1. The number of rotatable bonds is 4. The number of H-pyrrole nitrogens is 1. The summed E-state index contributed by atoms with van der Waals surface area (Å²) >= 11 is 0. The van der Waals surface area contributed by atoms with Gasteiger partial charge in [-0.25, -0.2) is 18.6 Å². The summed E-state index contributed by atoms with van der Waals surface area (Å²) in [4.78, 5) is 19.8. The molecule has 0 aliphatic carbocycles. The van der Waals surface area contributed by atoms with Gasteiger partial charge in [0.25, 0.3) is 0 Å². The van der Waals surface area contributed by atoms with Crippen molar-refractivity contribution in [3.05, 3.63) is 63.8 Å². The second-order valence-electron chi connectivity index (χ2n) is 7.55. The number of nitrogens with one attached hydrogen (secondary N) is 1. The number of hydrogen-bond donors (Lipinski definition) is 1. The van der Waals surface area contributed by atoms with Crippen molar-refractivity contribution in [2.24, 2.45) is 0 Å². The Labute approximate surface area is 183 Å². The largest absolute Gasteiger partial charge is 0.411 e. The van der Waals surface area contributed by atoms with Crippen LogP contribution < -0.4 is 16.4 Å². The lowest BCUT2D eigenvalue weighted by molar-refractivity contribution is -0.351. The lowest BCUT2D eigenvalue weighted by Gasteiger charge is -2.11. The quantitative estimate of drug-likeness (QED) is 0.467. The van der Waals surface area contributed by atoms with E-state index in [1.807, 2.05) is 0 Å². The van der Waals surface area contributed by atoms with Crippen LogP contribution in [0.5, 0.6) is 0 Å². The Bertz CT molecular complexity index is 1420. The first-order valence-corrected chi connectivity index (χ1v) is 9.77. The SMILES string of the molecule is Cc1cc(-c2c(-c3ccc(F)cc3F)[nH+]c(N)n3c(=O)n(CCC(F)(F)F)nc23)cc(C)n1. The van der Waals surface area contributed by atoms with Crippen molar-refractivity contribution < 1.29 is 26.9 Å². The summed E-state index contributed by atoms with van der Waals surface area (Å²) in [6.07, 6.45) is -5.78. The van der Waals surface area contributed by atoms with E-state index in [4.69, 9.17) is 5.73 Å². The summed E-state index contributed by atoms with van der Waals surface area (Å²) in [6.45, 7) is 2.72. The Hall–Kier alpha value is -3.83. The first-order valence-electron chi connectivity index (χ1n) is 9.77. The lowest BCUT2D eigenvalue weighted by Crippen LogP contribution is -2.29. The molecule has 0 unspecified atom stereocenters. The molecule has 12 heteroatoms. The molecule has 0 bridgehead atoms. The van der Waals surface area contributed by atoms with Gasteiger partial charge >= 0.3 is 17.8 Å². The standard InChI is InChI=1S/C21H17F5N6O/c1-10-7-12(8-11(2)28-10)16-17(14-4-3-13(22)9-15(14)23)29-19(27)32-18(16)30-31(20(32)33)6-5-21(24,25)26/h3-4,7-9H,5-6H2,1-2H3,(H2,27,29)/p+1. The van der Waals surface area contributed by atoms with Crippen LogP contribution in [0.4, 0.5) is 27.9 Å². The van der Waals surface area contributed by atoms with Crippen molar-refractivity contribution in [3.63, 3.8) is 0 Å². The number of aromatic amines is 1. The normalized spacial score (nSPS) is 12.0. The number of aryl methyl sites for hydroxylation is 3. The van der Waals surface area contributed by atoms with Gasteiger partial charge in [-0.3, -0.25) is 10.7 Å². The van der Waals surface area contributed by atoms with Gasteiger partial charge in [-0.2, -0.15) is 17.9 Å². The van der Waals surface area contributed by atoms with Crippen LogP contribution in [0.15, 0.2) is 35.1 Å². The number of halogens is 5. The minimum absolute atomic E-state index is 0.0648. The average Bonchev–Trinajstić information content (AvgIpc) is 3.02. The van der Waals surface area contributed by atoms with Crippen molar-refractivity contribution in [3.8, 4) is 22.4 Å². The summed E-state index contributed by atoms with van der Waals surface area (Å²) in [7, 11) is 0. The summed E-state index contributed by atoms with van der Waals surface area (Å²) < 4.78 is 68.1. The molecule has 0 amide bonds. The highest BCUT2D eigenvalue weighted by Crippen LogP contribution is 2.34. The highest BCUT2D eigenvalue weighted by atomic mass is 19.4. The van der Waals surface area contributed by atoms with Crippen LogP contribution in [0, 0.1) is 25.5 Å². The van der Waals surface area contributed by atoms with Gasteiger partial charge in [0.1, 0.15) is 17.3 Å². The van der Waals surface area contributed by atoms with E-state index in [1.54, 1.807) is 26.0 Å². The molecule has 0 fully saturated rings. The molecular formula is C21H18F5N6O+. The van der Waals surface area contributed by atoms with Gasteiger partial charge in [-0.05, 0) is 43.7 Å². The molecule has 7 nitrogen and oxygen atoms in total. The number of nitrogens with zero attached hydrogens (tertiary/aromatic N) is 4. The number of aromatic nitrogens is 5. The highest BCUT2D eigenvalue weighted by Gasteiger charge is 2.30. The molecule has 0 aliphatic rings. The average molecular weight is 465 g/mol. The molecule has 172 valence electrons. The zero-order valence-electron chi connectivity index (χ0n) is 17.5. The first-order chi connectivity index (χ1) is 15.4. The fourth-order valence-corrected chi connectivity index (χ4v) is 3.67. The topological polar surface area (TPSA) is 92.3 Å². The summed E-state index contributed by atoms with van der Waals surface area (Å²) in [5, 5.41) is 4.10. The second kappa shape index (κ2) is 7.94. The third-order valence-corrected chi connectivity index (χ3v) is 4.98. The van der Waals surface area contributed by atoms with Crippen molar-refractivity contribution >= 4 is 11.6 Å². The van der Waals surface area contributed by atoms with Crippen LogP contribution in [0.2, 0.25) is 0 Å². The molecule has 1 aromatic carbocycles. The molecule has 0 radical (unpaired) electrons. The number of hydrogen-bond acceptors (Lipinski definition) is 4. The van der Waals surface area contributed by atoms with E-state index in [-0.39, 0.29) is 28.4 Å². The maximum Gasteiger partial charge on any atom is 0.411 e. The molecule has 3 aromatic heterocycles.